The summed E-state index contributed by atoms with van der Waals surface area (Å²) in [6.45, 7) is 4.89. The second-order valence-corrected chi connectivity index (χ2v) is 6.94. The van der Waals surface area contributed by atoms with Gasteiger partial charge in [-0.05, 0) is 19.2 Å². The maximum absolute atomic E-state index is 12.4. The fourth-order valence-electron chi connectivity index (χ4n) is 2.84. The number of rotatable bonds is 6. The summed E-state index contributed by atoms with van der Waals surface area (Å²) in [5.41, 5.74) is 2.05. The summed E-state index contributed by atoms with van der Waals surface area (Å²) in [5, 5.41) is 0.885. The Balaban J connectivity index is 1.69. The summed E-state index contributed by atoms with van der Waals surface area (Å²) in [7, 11) is 3.79. The van der Waals surface area contributed by atoms with E-state index in [4.69, 9.17) is 4.74 Å². The van der Waals surface area contributed by atoms with Gasteiger partial charge in [0.15, 0.2) is 5.16 Å². The van der Waals surface area contributed by atoms with E-state index in [0.29, 0.717) is 12.4 Å². The lowest BCUT2D eigenvalue weighted by molar-refractivity contribution is -0.129. The number of para-hydroxylation sites is 2. The lowest BCUT2D eigenvalue weighted by atomic mass is 10.3. The van der Waals surface area contributed by atoms with Crippen molar-refractivity contribution in [2.24, 2.45) is 0 Å². The first-order valence-electron chi connectivity index (χ1n) is 8.22. The van der Waals surface area contributed by atoms with E-state index in [1.165, 1.54) is 11.8 Å². The van der Waals surface area contributed by atoms with Crippen LogP contribution in [0.3, 0.4) is 0 Å². The van der Waals surface area contributed by atoms with Crippen LogP contribution in [0, 0.1) is 0 Å². The van der Waals surface area contributed by atoms with Crippen molar-refractivity contribution in [2.45, 2.75) is 11.7 Å². The van der Waals surface area contributed by atoms with Crippen LogP contribution in [0.2, 0.25) is 0 Å². The molecular formula is C17H24N4O2S. The number of ether oxygens (including phenoxy) is 1. The molecule has 0 saturated carbocycles. The van der Waals surface area contributed by atoms with Gasteiger partial charge >= 0.3 is 0 Å². The Labute approximate surface area is 146 Å². The molecule has 0 atom stereocenters. The number of amides is 1. The average molecular weight is 348 g/mol. The van der Waals surface area contributed by atoms with Gasteiger partial charge in [-0.1, -0.05) is 23.9 Å². The largest absolute Gasteiger partial charge is 0.383 e. The molecule has 0 N–H and O–H groups in total. The number of fused-ring (bicyclic) bond motifs is 1. The van der Waals surface area contributed by atoms with Gasteiger partial charge in [-0.25, -0.2) is 4.98 Å². The number of imidazole rings is 1. The molecule has 0 radical (unpaired) electrons. The number of hydrogen-bond donors (Lipinski definition) is 0. The number of thioether (sulfide) groups is 1. The van der Waals surface area contributed by atoms with E-state index in [1.54, 1.807) is 7.11 Å². The molecule has 0 bridgehead atoms. The first-order chi connectivity index (χ1) is 11.7. The van der Waals surface area contributed by atoms with Crippen molar-refractivity contribution >= 4 is 28.7 Å². The predicted molar refractivity (Wildman–Crippen MR) is 96.4 cm³/mol. The average Bonchev–Trinajstić information content (AvgIpc) is 2.96. The number of carbonyl (C=O) groups excluding carboxylic acids is 1. The highest BCUT2D eigenvalue weighted by molar-refractivity contribution is 7.99. The Morgan fingerprint density at radius 2 is 2.00 bits per heavy atom. The fourth-order valence-corrected chi connectivity index (χ4v) is 3.78. The topological polar surface area (TPSA) is 50.6 Å². The number of benzene rings is 1. The van der Waals surface area contributed by atoms with E-state index in [-0.39, 0.29) is 5.91 Å². The minimum atomic E-state index is 0.193. The molecule has 130 valence electrons. The van der Waals surface area contributed by atoms with Crippen molar-refractivity contribution < 1.29 is 9.53 Å². The number of carbonyl (C=O) groups is 1. The second-order valence-electron chi connectivity index (χ2n) is 6.00. The van der Waals surface area contributed by atoms with E-state index < -0.39 is 0 Å². The number of methoxy groups -OCH3 is 1. The van der Waals surface area contributed by atoms with Gasteiger partial charge in [0.25, 0.3) is 0 Å². The molecule has 7 heteroatoms. The third kappa shape index (κ3) is 3.91. The van der Waals surface area contributed by atoms with Crippen LogP contribution in [0.1, 0.15) is 0 Å². The molecule has 1 amide bonds. The zero-order valence-corrected chi connectivity index (χ0v) is 15.1. The smallest absolute Gasteiger partial charge is 0.233 e. The molecule has 1 aromatic carbocycles. The molecule has 0 aliphatic carbocycles. The summed E-state index contributed by atoms with van der Waals surface area (Å²) in [5.74, 6) is 0.624. The highest BCUT2D eigenvalue weighted by Gasteiger charge is 2.20. The number of nitrogens with zero attached hydrogens (tertiary/aromatic N) is 4. The van der Waals surface area contributed by atoms with Crippen LogP contribution in [0.25, 0.3) is 11.0 Å². The molecule has 1 saturated heterocycles. The number of aromatic nitrogens is 2. The maximum atomic E-state index is 12.4. The molecule has 1 fully saturated rings. The SMILES string of the molecule is COCCn1c(SCC(=O)N2CCN(C)CC2)nc2ccccc21. The summed E-state index contributed by atoms with van der Waals surface area (Å²) in [6.07, 6.45) is 0. The van der Waals surface area contributed by atoms with Crippen LogP contribution in [-0.4, -0.2) is 78.0 Å². The first-order valence-corrected chi connectivity index (χ1v) is 9.21. The summed E-state index contributed by atoms with van der Waals surface area (Å²) in [6, 6.07) is 8.06. The van der Waals surface area contributed by atoms with Gasteiger partial charge < -0.3 is 19.1 Å². The molecule has 1 aliphatic rings. The van der Waals surface area contributed by atoms with Crippen molar-refractivity contribution in [3.63, 3.8) is 0 Å². The maximum Gasteiger partial charge on any atom is 0.233 e. The summed E-state index contributed by atoms with van der Waals surface area (Å²) in [4.78, 5) is 21.3. The number of piperazine rings is 1. The Bertz CT molecular complexity index is 695. The van der Waals surface area contributed by atoms with Crippen molar-refractivity contribution in [3.8, 4) is 0 Å². The molecule has 24 heavy (non-hydrogen) atoms. The fraction of sp³-hybridized carbons (Fsp3) is 0.529. The zero-order valence-electron chi connectivity index (χ0n) is 14.3. The van der Waals surface area contributed by atoms with Crippen LogP contribution in [0.5, 0.6) is 0 Å². The van der Waals surface area contributed by atoms with Crippen molar-refractivity contribution in [1.29, 1.82) is 0 Å². The first kappa shape index (κ1) is 17.3. The highest BCUT2D eigenvalue weighted by atomic mass is 32.2. The predicted octanol–water partition coefficient (Wildman–Crippen LogP) is 1.55. The van der Waals surface area contributed by atoms with Crippen molar-refractivity contribution in [1.82, 2.24) is 19.4 Å². The van der Waals surface area contributed by atoms with Gasteiger partial charge in [0.1, 0.15) is 0 Å². The Morgan fingerprint density at radius 3 is 2.75 bits per heavy atom. The molecule has 1 aliphatic heterocycles. The van der Waals surface area contributed by atoms with Gasteiger partial charge in [0.05, 0.1) is 23.4 Å². The van der Waals surface area contributed by atoms with Crippen LogP contribution >= 0.6 is 11.8 Å². The van der Waals surface area contributed by atoms with Gasteiger partial charge in [-0.15, -0.1) is 0 Å². The minimum absolute atomic E-state index is 0.193. The molecule has 0 spiro atoms. The zero-order chi connectivity index (χ0) is 16.9. The lowest BCUT2D eigenvalue weighted by Crippen LogP contribution is -2.47. The Hall–Kier alpha value is -1.57. The molecule has 1 aromatic heterocycles. The molecule has 2 aromatic rings. The molecule has 0 unspecified atom stereocenters. The van der Waals surface area contributed by atoms with Gasteiger partial charge in [-0.2, -0.15) is 0 Å². The van der Waals surface area contributed by atoms with E-state index in [0.717, 1.165) is 48.9 Å². The van der Waals surface area contributed by atoms with Crippen LogP contribution in [0.15, 0.2) is 29.4 Å². The number of hydrogen-bond acceptors (Lipinski definition) is 5. The van der Waals surface area contributed by atoms with E-state index in [1.807, 2.05) is 23.1 Å². The van der Waals surface area contributed by atoms with Gasteiger partial charge in [-0.3, -0.25) is 4.79 Å². The van der Waals surface area contributed by atoms with Crippen LogP contribution in [0.4, 0.5) is 0 Å². The lowest BCUT2D eigenvalue weighted by Gasteiger charge is -2.32. The summed E-state index contributed by atoms with van der Waals surface area (Å²) >= 11 is 1.52. The third-order valence-corrected chi connectivity index (χ3v) is 5.28. The van der Waals surface area contributed by atoms with Gasteiger partial charge in [0, 0.05) is 39.8 Å². The third-order valence-electron chi connectivity index (χ3n) is 4.32. The van der Waals surface area contributed by atoms with Crippen molar-refractivity contribution in [3.05, 3.63) is 24.3 Å². The quantitative estimate of drug-likeness (QED) is 0.742. The standard InChI is InChI=1S/C17H24N4O2S/c1-19-7-9-20(10-8-19)16(22)13-24-17-18-14-5-3-4-6-15(14)21(17)11-12-23-2/h3-6H,7-13H2,1-2H3. The highest BCUT2D eigenvalue weighted by Crippen LogP contribution is 2.24. The van der Waals surface area contributed by atoms with E-state index in [9.17, 15) is 4.79 Å². The normalized spacial score (nSPS) is 16.0. The second kappa shape index (κ2) is 8.00. The minimum Gasteiger partial charge on any atom is -0.383 e. The Morgan fingerprint density at radius 1 is 1.25 bits per heavy atom. The molecule has 2 heterocycles. The monoisotopic (exact) mass is 348 g/mol. The Kier molecular flexibility index (Phi) is 5.76. The van der Waals surface area contributed by atoms with E-state index in [2.05, 4.69) is 27.6 Å². The van der Waals surface area contributed by atoms with Crippen LogP contribution in [-0.2, 0) is 16.1 Å². The van der Waals surface area contributed by atoms with Gasteiger partial charge in [0.2, 0.25) is 5.91 Å². The van der Waals surface area contributed by atoms with Crippen molar-refractivity contribution in [2.75, 3.05) is 52.7 Å². The van der Waals surface area contributed by atoms with Crippen LogP contribution < -0.4 is 0 Å². The molecular weight excluding hydrogens is 324 g/mol. The number of likely N-dealkylation sites (N-methyl/N-ethyl adjacent to an activating group) is 1. The molecule has 3 rings (SSSR count). The summed E-state index contributed by atoms with van der Waals surface area (Å²) < 4.78 is 7.35. The van der Waals surface area contributed by atoms with E-state index >= 15 is 0 Å². The molecule has 6 nitrogen and oxygen atoms in total.